The van der Waals surface area contributed by atoms with Gasteiger partial charge >= 0.3 is 5.97 Å². The van der Waals surface area contributed by atoms with Crippen molar-refractivity contribution >= 4 is 29.6 Å². The fourth-order valence-corrected chi connectivity index (χ4v) is 2.36. The summed E-state index contributed by atoms with van der Waals surface area (Å²) in [6.07, 6.45) is 1.74. The summed E-state index contributed by atoms with van der Waals surface area (Å²) < 4.78 is 5.38. The lowest BCUT2D eigenvalue weighted by Crippen LogP contribution is -2.14. The van der Waals surface area contributed by atoms with Gasteiger partial charge in [-0.2, -0.15) is 0 Å². The van der Waals surface area contributed by atoms with E-state index in [1.807, 2.05) is 57.0 Å². The monoisotopic (exact) mass is 358 g/mol. The van der Waals surface area contributed by atoms with Crippen molar-refractivity contribution in [2.24, 2.45) is 4.99 Å². The Hall–Kier alpha value is -2.33. The summed E-state index contributed by atoms with van der Waals surface area (Å²) in [6.45, 7) is 6.98. The van der Waals surface area contributed by atoms with Gasteiger partial charge in [0.1, 0.15) is 6.61 Å². The summed E-state index contributed by atoms with van der Waals surface area (Å²) in [7, 11) is 1.94. The molecule has 25 heavy (non-hydrogen) atoms. The van der Waals surface area contributed by atoms with E-state index in [0.717, 1.165) is 23.4 Å². The highest BCUT2D eigenvalue weighted by Gasteiger charge is 2.15. The fourth-order valence-electron chi connectivity index (χ4n) is 2.13. The zero-order chi connectivity index (χ0) is 18.4. The van der Waals surface area contributed by atoms with Crippen LogP contribution in [-0.2, 0) is 11.3 Å². The number of nitrogens with zero attached hydrogens (tertiary/aromatic N) is 2. The summed E-state index contributed by atoms with van der Waals surface area (Å²) >= 11 is 6.36. The van der Waals surface area contributed by atoms with Crippen LogP contribution < -0.4 is 0 Å². The lowest BCUT2D eigenvalue weighted by Gasteiger charge is -2.11. The first-order valence-corrected chi connectivity index (χ1v) is 8.56. The van der Waals surface area contributed by atoms with Gasteiger partial charge in [-0.3, -0.25) is 0 Å². The molecule has 0 radical (unpaired) electrons. The lowest BCUT2D eigenvalue weighted by atomic mass is 10.1. The van der Waals surface area contributed by atoms with Crippen LogP contribution in [0.5, 0.6) is 0 Å². The maximum atomic E-state index is 12.3. The topological polar surface area (TPSA) is 41.9 Å². The van der Waals surface area contributed by atoms with E-state index in [0.29, 0.717) is 10.6 Å². The fraction of sp³-hybridized carbons (Fsp3) is 0.300. The first-order chi connectivity index (χ1) is 11.9. The third-order valence-corrected chi connectivity index (χ3v) is 4.45. The maximum Gasteiger partial charge on any atom is 0.339 e. The second-order valence-electron chi connectivity index (χ2n) is 5.95. The minimum absolute atomic E-state index is 0.218. The van der Waals surface area contributed by atoms with E-state index in [-0.39, 0.29) is 6.61 Å². The summed E-state index contributed by atoms with van der Waals surface area (Å²) in [4.78, 5) is 18.7. The van der Waals surface area contributed by atoms with Gasteiger partial charge in [0.2, 0.25) is 0 Å². The Bertz CT molecular complexity index is 770. The number of rotatable bonds is 6. The summed E-state index contributed by atoms with van der Waals surface area (Å²) in [5.74, 6) is -0.435. The van der Waals surface area contributed by atoms with Crippen molar-refractivity contribution in [2.75, 3.05) is 13.6 Å². The van der Waals surface area contributed by atoms with Gasteiger partial charge in [-0.25, -0.2) is 9.79 Å². The molecule has 0 aliphatic heterocycles. The third-order valence-electron chi connectivity index (χ3n) is 3.96. The number of halogens is 1. The molecule has 2 aromatic carbocycles. The summed E-state index contributed by atoms with van der Waals surface area (Å²) in [5, 5.41) is 0.378. The molecule has 0 heterocycles. The third kappa shape index (κ3) is 5.07. The Morgan fingerprint density at radius 1 is 1.20 bits per heavy atom. The number of carbonyl (C=O) groups excluding carboxylic acids is 1. The van der Waals surface area contributed by atoms with Gasteiger partial charge in [-0.05, 0) is 44.0 Å². The van der Waals surface area contributed by atoms with Crippen LogP contribution in [0.1, 0.15) is 34.0 Å². The average Bonchev–Trinajstić information content (AvgIpc) is 2.62. The van der Waals surface area contributed by atoms with E-state index in [1.165, 1.54) is 5.56 Å². The second kappa shape index (κ2) is 8.67. The molecule has 0 N–H and O–H groups in total. The summed E-state index contributed by atoms with van der Waals surface area (Å²) in [6, 6.07) is 11.3. The van der Waals surface area contributed by atoms with Crippen molar-refractivity contribution in [3.05, 3.63) is 63.7 Å². The minimum atomic E-state index is -0.435. The molecule has 0 spiro atoms. The van der Waals surface area contributed by atoms with Crippen molar-refractivity contribution in [1.29, 1.82) is 0 Å². The molecule has 0 atom stereocenters. The van der Waals surface area contributed by atoms with Crippen LogP contribution in [0.4, 0.5) is 5.69 Å². The van der Waals surface area contributed by atoms with Crippen LogP contribution in [0.15, 0.2) is 41.4 Å². The van der Waals surface area contributed by atoms with E-state index < -0.39 is 5.97 Å². The normalized spacial score (nSPS) is 10.9. The molecular formula is C20H23ClN2O2. The van der Waals surface area contributed by atoms with E-state index in [9.17, 15) is 4.79 Å². The standard InChI is InChI=1S/C20H23ClN2O2/c1-5-23(4)13-22-18-11-10-17(19(21)15(18)3)20(24)25-12-16-8-6-14(2)7-9-16/h6-11,13H,5,12H2,1-4H3. The molecule has 2 rings (SSSR count). The molecule has 0 bridgehead atoms. The van der Waals surface area contributed by atoms with Gasteiger partial charge < -0.3 is 9.64 Å². The van der Waals surface area contributed by atoms with Gasteiger partial charge in [0.15, 0.2) is 0 Å². The van der Waals surface area contributed by atoms with Crippen molar-refractivity contribution in [3.63, 3.8) is 0 Å². The van der Waals surface area contributed by atoms with Crippen LogP contribution >= 0.6 is 11.6 Å². The van der Waals surface area contributed by atoms with Crippen molar-refractivity contribution < 1.29 is 9.53 Å². The van der Waals surface area contributed by atoms with E-state index in [1.54, 1.807) is 18.5 Å². The predicted molar refractivity (Wildman–Crippen MR) is 103 cm³/mol. The maximum absolute atomic E-state index is 12.3. The Kier molecular flexibility index (Phi) is 6.59. The molecule has 0 saturated carbocycles. The van der Waals surface area contributed by atoms with Crippen LogP contribution in [0.25, 0.3) is 0 Å². The van der Waals surface area contributed by atoms with Crippen molar-refractivity contribution in [1.82, 2.24) is 4.90 Å². The number of benzene rings is 2. The number of esters is 1. The number of hydrogen-bond acceptors (Lipinski definition) is 3. The quantitative estimate of drug-likeness (QED) is 0.418. The molecular weight excluding hydrogens is 336 g/mol. The molecule has 0 amide bonds. The van der Waals surface area contributed by atoms with Crippen LogP contribution in [0.3, 0.4) is 0 Å². The molecule has 0 aliphatic rings. The molecule has 5 heteroatoms. The highest BCUT2D eigenvalue weighted by molar-refractivity contribution is 6.34. The number of carbonyl (C=O) groups is 1. The largest absolute Gasteiger partial charge is 0.457 e. The molecule has 132 valence electrons. The van der Waals surface area contributed by atoms with Crippen LogP contribution in [0, 0.1) is 13.8 Å². The number of aryl methyl sites for hydroxylation is 1. The van der Waals surface area contributed by atoms with Gasteiger partial charge in [-0.15, -0.1) is 0 Å². The molecule has 0 aromatic heterocycles. The van der Waals surface area contributed by atoms with Crippen molar-refractivity contribution in [2.45, 2.75) is 27.4 Å². The minimum Gasteiger partial charge on any atom is -0.457 e. The average molecular weight is 359 g/mol. The van der Waals surface area contributed by atoms with E-state index >= 15 is 0 Å². The molecule has 0 unspecified atom stereocenters. The smallest absolute Gasteiger partial charge is 0.339 e. The zero-order valence-electron chi connectivity index (χ0n) is 15.0. The van der Waals surface area contributed by atoms with Crippen molar-refractivity contribution in [3.8, 4) is 0 Å². The van der Waals surface area contributed by atoms with Gasteiger partial charge in [0, 0.05) is 13.6 Å². The number of ether oxygens (including phenoxy) is 1. The second-order valence-corrected chi connectivity index (χ2v) is 6.33. The molecule has 2 aromatic rings. The first kappa shape index (κ1) is 19.0. The highest BCUT2D eigenvalue weighted by Crippen LogP contribution is 2.30. The lowest BCUT2D eigenvalue weighted by molar-refractivity contribution is 0.0473. The van der Waals surface area contributed by atoms with Crippen LogP contribution in [-0.4, -0.2) is 30.8 Å². The molecule has 0 saturated heterocycles. The Balaban J connectivity index is 2.10. The SMILES string of the molecule is CCN(C)C=Nc1ccc(C(=O)OCc2ccc(C)cc2)c(Cl)c1C. The van der Waals surface area contributed by atoms with Gasteiger partial charge in [0.25, 0.3) is 0 Å². The Morgan fingerprint density at radius 3 is 2.52 bits per heavy atom. The van der Waals surface area contributed by atoms with E-state index in [2.05, 4.69) is 4.99 Å². The zero-order valence-corrected chi connectivity index (χ0v) is 15.8. The highest BCUT2D eigenvalue weighted by atomic mass is 35.5. The number of hydrogen-bond donors (Lipinski definition) is 0. The predicted octanol–water partition coefficient (Wildman–Crippen LogP) is 4.93. The van der Waals surface area contributed by atoms with Gasteiger partial charge in [-0.1, -0.05) is 41.4 Å². The molecule has 0 fully saturated rings. The first-order valence-electron chi connectivity index (χ1n) is 8.18. The van der Waals surface area contributed by atoms with E-state index in [4.69, 9.17) is 16.3 Å². The number of aliphatic imine (C=N–C) groups is 1. The molecule has 0 aliphatic carbocycles. The Labute approximate surface area is 154 Å². The van der Waals surface area contributed by atoms with Crippen LogP contribution in [0.2, 0.25) is 5.02 Å². The molecule has 4 nitrogen and oxygen atoms in total. The summed E-state index contributed by atoms with van der Waals surface area (Å²) in [5.41, 5.74) is 3.95. The Morgan fingerprint density at radius 2 is 1.88 bits per heavy atom. The van der Waals surface area contributed by atoms with Gasteiger partial charge in [0.05, 0.1) is 22.6 Å².